The van der Waals surface area contributed by atoms with Gasteiger partial charge in [0.2, 0.25) is 0 Å². The standard InChI is InChI=1S/C21H42N4O/c1-4-21(5-2,13-16-26)17-23-20(22-6-3)24-18-11-14-25(15-12-18)19-9-7-8-10-19/h18-19,26H,4-17H2,1-3H3,(H2,22,23,24). The second kappa shape index (κ2) is 11.1. The monoisotopic (exact) mass is 366 g/mol. The van der Waals surface area contributed by atoms with Gasteiger partial charge in [-0.2, -0.15) is 0 Å². The summed E-state index contributed by atoms with van der Waals surface area (Å²) in [6, 6.07) is 1.38. The second-order valence-corrected chi connectivity index (χ2v) is 8.27. The van der Waals surface area contributed by atoms with Gasteiger partial charge in [0, 0.05) is 44.9 Å². The minimum atomic E-state index is 0.128. The summed E-state index contributed by atoms with van der Waals surface area (Å²) in [5.41, 5.74) is 0.128. The number of aliphatic hydroxyl groups is 1. The normalized spacial score (nSPS) is 21.3. The highest BCUT2D eigenvalue weighted by Crippen LogP contribution is 2.30. The molecule has 1 saturated heterocycles. The Morgan fingerprint density at radius 1 is 1.08 bits per heavy atom. The number of rotatable bonds is 9. The SMILES string of the molecule is CCNC(=NCC(CC)(CC)CCO)NC1CCN(C2CCCC2)CC1. The van der Waals surface area contributed by atoms with E-state index < -0.39 is 0 Å². The Hall–Kier alpha value is -0.810. The molecule has 0 amide bonds. The molecule has 2 fully saturated rings. The lowest BCUT2D eigenvalue weighted by atomic mass is 9.79. The first-order chi connectivity index (χ1) is 12.7. The lowest BCUT2D eigenvalue weighted by Crippen LogP contribution is -2.50. The summed E-state index contributed by atoms with van der Waals surface area (Å²) >= 11 is 0. The highest BCUT2D eigenvalue weighted by molar-refractivity contribution is 5.80. The summed E-state index contributed by atoms with van der Waals surface area (Å²) in [6.07, 6.45) is 11.0. The molecule has 0 radical (unpaired) electrons. The van der Waals surface area contributed by atoms with Crippen molar-refractivity contribution in [1.82, 2.24) is 15.5 Å². The van der Waals surface area contributed by atoms with Crippen molar-refractivity contribution in [3.8, 4) is 0 Å². The van der Waals surface area contributed by atoms with E-state index in [0.29, 0.717) is 6.04 Å². The Bertz CT molecular complexity index is 408. The number of nitrogens with zero attached hydrogens (tertiary/aromatic N) is 2. The summed E-state index contributed by atoms with van der Waals surface area (Å²) in [5, 5.41) is 16.5. The van der Waals surface area contributed by atoms with Crippen LogP contribution in [0, 0.1) is 5.41 Å². The van der Waals surface area contributed by atoms with E-state index in [1.54, 1.807) is 0 Å². The molecule has 2 rings (SSSR count). The Morgan fingerprint density at radius 2 is 1.73 bits per heavy atom. The van der Waals surface area contributed by atoms with Crippen LogP contribution in [-0.4, -0.2) is 60.8 Å². The van der Waals surface area contributed by atoms with Crippen molar-refractivity contribution in [2.75, 3.05) is 32.8 Å². The molecule has 0 unspecified atom stereocenters. The fourth-order valence-electron chi connectivity index (χ4n) is 4.58. The number of hydrogen-bond acceptors (Lipinski definition) is 3. The predicted molar refractivity (Wildman–Crippen MR) is 111 cm³/mol. The van der Waals surface area contributed by atoms with Crippen molar-refractivity contribution in [2.45, 2.75) is 90.6 Å². The van der Waals surface area contributed by atoms with E-state index in [2.05, 4.69) is 36.3 Å². The molecule has 26 heavy (non-hydrogen) atoms. The molecule has 0 spiro atoms. The van der Waals surface area contributed by atoms with E-state index in [1.165, 1.54) is 51.6 Å². The molecular formula is C21H42N4O. The Kier molecular flexibility index (Phi) is 9.20. The molecule has 0 aromatic heterocycles. The van der Waals surface area contributed by atoms with Crippen molar-refractivity contribution < 1.29 is 5.11 Å². The first kappa shape index (κ1) is 21.5. The molecular weight excluding hydrogens is 324 g/mol. The van der Waals surface area contributed by atoms with Gasteiger partial charge >= 0.3 is 0 Å². The first-order valence-electron chi connectivity index (χ1n) is 11.1. The van der Waals surface area contributed by atoms with Crippen LogP contribution in [0.15, 0.2) is 4.99 Å². The zero-order valence-corrected chi connectivity index (χ0v) is 17.4. The Labute approximate surface area is 161 Å². The molecule has 5 heteroatoms. The first-order valence-corrected chi connectivity index (χ1v) is 11.1. The molecule has 2 aliphatic rings. The van der Waals surface area contributed by atoms with Gasteiger partial charge in [-0.3, -0.25) is 4.99 Å². The fourth-order valence-corrected chi connectivity index (χ4v) is 4.58. The molecule has 0 bridgehead atoms. The highest BCUT2D eigenvalue weighted by atomic mass is 16.3. The molecule has 1 heterocycles. The van der Waals surface area contributed by atoms with Crippen molar-refractivity contribution in [3.05, 3.63) is 0 Å². The number of piperidine rings is 1. The molecule has 0 aromatic carbocycles. The largest absolute Gasteiger partial charge is 0.396 e. The van der Waals surface area contributed by atoms with Crippen LogP contribution in [0.4, 0.5) is 0 Å². The molecule has 1 saturated carbocycles. The predicted octanol–water partition coefficient (Wildman–Crippen LogP) is 3.14. The van der Waals surface area contributed by atoms with Crippen LogP contribution in [0.3, 0.4) is 0 Å². The third-order valence-corrected chi connectivity index (χ3v) is 6.77. The number of likely N-dealkylation sites (tertiary alicyclic amines) is 1. The number of hydrogen-bond donors (Lipinski definition) is 3. The Balaban J connectivity index is 1.87. The summed E-state index contributed by atoms with van der Waals surface area (Å²) in [4.78, 5) is 7.62. The van der Waals surface area contributed by atoms with Crippen LogP contribution < -0.4 is 10.6 Å². The van der Waals surface area contributed by atoms with Gasteiger partial charge in [0.05, 0.1) is 0 Å². The minimum absolute atomic E-state index is 0.128. The van der Waals surface area contributed by atoms with E-state index in [4.69, 9.17) is 4.99 Å². The maximum atomic E-state index is 9.42. The lowest BCUT2D eigenvalue weighted by Gasteiger charge is -2.37. The molecule has 0 aromatic rings. The molecule has 1 aliphatic heterocycles. The number of nitrogens with one attached hydrogen (secondary N) is 2. The fraction of sp³-hybridized carbons (Fsp3) is 0.952. The number of aliphatic hydroxyl groups excluding tert-OH is 1. The van der Waals surface area contributed by atoms with Crippen molar-refractivity contribution in [3.63, 3.8) is 0 Å². The third kappa shape index (κ3) is 6.12. The molecule has 0 atom stereocenters. The van der Waals surface area contributed by atoms with Crippen molar-refractivity contribution >= 4 is 5.96 Å². The van der Waals surface area contributed by atoms with E-state index >= 15 is 0 Å². The van der Waals surface area contributed by atoms with Crippen molar-refractivity contribution in [1.29, 1.82) is 0 Å². The number of aliphatic imine (C=N–C) groups is 1. The third-order valence-electron chi connectivity index (χ3n) is 6.77. The topological polar surface area (TPSA) is 59.9 Å². The smallest absolute Gasteiger partial charge is 0.191 e. The minimum Gasteiger partial charge on any atom is -0.396 e. The van der Waals surface area contributed by atoms with E-state index in [1.807, 2.05) is 0 Å². The molecule has 152 valence electrons. The quantitative estimate of drug-likeness (QED) is 0.433. The van der Waals surface area contributed by atoms with Crippen LogP contribution in [0.2, 0.25) is 0 Å². The van der Waals surface area contributed by atoms with Gasteiger partial charge in [0.25, 0.3) is 0 Å². The maximum absolute atomic E-state index is 9.42. The summed E-state index contributed by atoms with van der Waals surface area (Å²) in [7, 11) is 0. The van der Waals surface area contributed by atoms with E-state index in [0.717, 1.165) is 44.4 Å². The summed E-state index contributed by atoms with van der Waals surface area (Å²) in [5.74, 6) is 0.955. The summed E-state index contributed by atoms with van der Waals surface area (Å²) < 4.78 is 0. The lowest BCUT2D eigenvalue weighted by molar-refractivity contribution is 0.150. The van der Waals surface area contributed by atoms with E-state index in [-0.39, 0.29) is 12.0 Å². The van der Waals surface area contributed by atoms with Gasteiger partial charge in [0.1, 0.15) is 0 Å². The molecule has 3 N–H and O–H groups in total. The second-order valence-electron chi connectivity index (χ2n) is 8.27. The van der Waals surface area contributed by atoms with Gasteiger partial charge < -0.3 is 20.6 Å². The van der Waals surface area contributed by atoms with Gasteiger partial charge in [-0.05, 0) is 57.3 Å². The van der Waals surface area contributed by atoms with E-state index in [9.17, 15) is 5.11 Å². The van der Waals surface area contributed by atoms with Gasteiger partial charge in [-0.15, -0.1) is 0 Å². The van der Waals surface area contributed by atoms with Crippen LogP contribution in [-0.2, 0) is 0 Å². The average molecular weight is 367 g/mol. The van der Waals surface area contributed by atoms with Crippen LogP contribution in [0.1, 0.15) is 78.6 Å². The summed E-state index contributed by atoms with van der Waals surface area (Å²) in [6.45, 7) is 10.9. The van der Waals surface area contributed by atoms with Gasteiger partial charge in [-0.25, -0.2) is 0 Å². The average Bonchev–Trinajstić information content (AvgIpc) is 3.20. The van der Waals surface area contributed by atoms with Crippen LogP contribution in [0.5, 0.6) is 0 Å². The van der Waals surface area contributed by atoms with Crippen molar-refractivity contribution in [2.24, 2.45) is 10.4 Å². The maximum Gasteiger partial charge on any atom is 0.191 e. The Morgan fingerprint density at radius 3 is 2.27 bits per heavy atom. The van der Waals surface area contributed by atoms with Gasteiger partial charge in [0.15, 0.2) is 5.96 Å². The highest BCUT2D eigenvalue weighted by Gasteiger charge is 2.28. The zero-order valence-electron chi connectivity index (χ0n) is 17.4. The van der Waals surface area contributed by atoms with Gasteiger partial charge in [-0.1, -0.05) is 26.7 Å². The van der Waals surface area contributed by atoms with Crippen LogP contribution in [0.25, 0.3) is 0 Å². The molecule has 5 nitrogen and oxygen atoms in total. The number of guanidine groups is 1. The molecule has 1 aliphatic carbocycles. The zero-order chi connectivity index (χ0) is 18.8. The van der Waals surface area contributed by atoms with Crippen LogP contribution >= 0.6 is 0 Å².